The molecule has 1 fully saturated rings. The summed E-state index contributed by atoms with van der Waals surface area (Å²) in [4.78, 5) is 14.6. The topological polar surface area (TPSA) is 63.9 Å². The second kappa shape index (κ2) is 7.53. The number of aromatic nitrogens is 4. The number of amides is 1. The lowest BCUT2D eigenvalue weighted by atomic mass is 9.98. The lowest BCUT2D eigenvalue weighted by Gasteiger charge is -2.39. The zero-order valence-electron chi connectivity index (χ0n) is 13.7. The highest BCUT2D eigenvalue weighted by Gasteiger charge is 2.29. The molecule has 1 amide bonds. The minimum Gasteiger partial charge on any atom is -0.337 e. The molecular weight excluding hydrogens is 346 g/mol. The molecule has 0 saturated carbocycles. The lowest BCUT2D eigenvalue weighted by molar-refractivity contribution is -0.134. The molecule has 2 atom stereocenters. The van der Waals surface area contributed by atoms with Crippen molar-refractivity contribution in [2.45, 2.75) is 50.4 Å². The summed E-state index contributed by atoms with van der Waals surface area (Å²) in [6.07, 6.45) is 3.33. The van der Waals surface area contributed by atoms with Gasteiger partial charge in [-0.1, -0.05) is 29.4 Å². The van der Waals surface area contributed by atoms with Gasteiger partial charge in [0.1, 0.15) is 0 Å². The highest BCUT2D eigenvalue weighted by molar-refractivity contribution is 7.99. The summed E-state index contributed by atoms with van der Waals surface area (Å²) >= 11 is 7.38. The van der Waals surface area contributed by atoms with Gasteiger partial charge in [0.05, 0.1) is 11.4 Å². The Hall–Kier alpha value is -1.60. The number of benzene rings is 1. The van der Waals surface area contributed by atoms with Crippen molar-refractivity contribution >= 4 is 29.3 Å². The minimum absolute atomic E-state index is 0.139. The maximum absolute atomic E-state index is 12.6. The Morgan fingerprint density at radius 1 is 1.33 bits per heavy atom. The van der Waals surface area contributed by atoms with Crippen LogP contribution in [0.5, 0.6) is 0 Å². The van der Waals surface area contributed by atoms with Gasteiger partial charge in [-0.15, -0.1) is 5.10 Å². The Kier molecular flexibility index (Phi) is 5.40. The van der Waals surface area contributed by atoms with Gasteiger partial charge in [0.15, 0.2) is 0 Å². The Balaban J connectivity index is 1.69. The fraction of sp³-hybridized carbons (Fsp3) is 0.500. The van der Waals surface area contributed by atoms with Crippen LogP contribution < -0.4 is 0 Å². The van der Waals surface area contributed by atoms with Crippen molar-refractivity contribution in [3.63, 3.8) is 0 Å². The van der Waals surface area contributed by atoms with Crippen LogP contribution in [-0.2, 0) is 4.79 Å². The van der Waals surface area contributed by atoms with Gasteiger partial charge in [0.25, 0.3) is 0 Å². The molecule has 0 spiro atoms. The molecule has 8 heteroatoms. The van der Waals surface area contributed by atoms with Crippen LogP contribution in [-0.4, -0.2) is 48.9 Å². The first kappa shape index (κ1) is 17.2. The van der Waals surface area contributed by atoms with Crippen LogP contribution in [0.15, 0.2) is 29.4 Å². The van der Waals surface area contributed by atoms with E-state index in [1.54, 1.807) is 16.8 Å². The van der Waals surface area contributed by atoms with Crippen molar-refractivity contribution in [1.82, 2.24) is 25.1 Å². The average molecular weight is 366 g/mol. The number of carbonyl (C=O) groups excluding carboxylic acids is 1. The minimum atomic E-state index is 0.139. The number of nitrogens with zero attached hydrogens (tertiary/aromatic N) is 5. The standard InChI is InChI=1S/C16H20ClN5OS/c1-11-5-3-6-12(2)21(11)15(23)10-24-16-18-19-20-22(16)14-8-4-7-13(17)9-14/h4,7-9,11-12H,3,5-6,10H2,1-2H3/t11-,12+. The van der Waals surface area contributed by atoms with E-state index in [0.29, 0.717) is 28.0 Å². The average Bonchev–Trinajstić information content (AvgIpc) is 3.01. The number of rotatable bonds is 4. The van der Waals surface area contributed by atoms with Crippen molar-refractivity contribution in [3.8, 4) is 5.69 Å². The summed E-state index contributed by atoms with van der Waals surface area (Å²) in [6, 6.07) is 7.90. The van der Waals surface area contributed by atoms with Crippen molar-refractivity contribution < 1.29 is 4.79 Å². The zero-order chi connectivity index (χ0) is 17.1. The molecule has 1 aromatic heterocycles. The lowest BCUT2D eigenvalue weighted by Crippen LogP contribution is -2.48. The number of likely N-dealkylation sites (tertiary alicyclic amines) is 1. The first-order valence-corrected chi connectivity index (χ1v) is 9.41. The van der Waals surface area contributed by atoms with Crippen molar-refractivity contribution in [3.05, 3.63) is 29.3 Å². The van der Waals surface area contributed by atoms with E-state index < -0.39 is 0 Å². The molecule has 0 radical (unpaired) electrons. The number of thioether (sulfide) groups is 1. The monoisotopic (exact) mass is 365 g/mol. The van der Waals surface area contributed by atoms with E-state index in [4.69, 9.17) is 11.6 Å². The van der Waals surface area contributed by atoms with E-state index in [-0.39, 0.29) is 5.91 Å². The third-order valence-electron chi connectivity index (χ3n) is 4.30. The molecule has 1 aliphatic heterocycles. The molecule has 24 heavy (non-hydrogen) atoms. The van der Waals surface area contributed by atoms with Gasteiger partial charge >= 0.3 is 0 Å². The maximum Gasteiger partial charge on any atom is 0.233 e. The highest BCUT2D eigenvalue weighted by atomic mass is 35.5. The summed E-state index contributed by atoms with van der Waals surface area (Å²) in [7, 11) is 0. The zero-order valence-corrected chi connectivity index (χ0v) is 15.3. The second-order valence-corrected chi connectivity index (χ2v) is 7.45. The van der Waals surface area contributed by atoms with Gasteiger partial charge in [0, 0.05) is 17.1 Å². The van der Waals surface area contributed by atoms with E-state index >= 15 is 0 Å². The van der Waals surface area contributed by atoms with Crippen LogP contribution in [0, 0.1) is 0 Å². The Labute approximate surface area is 150 Å². The summed E-state index contributed by atoms with van der Waals surface area (Å²) in [6.45, 7) is 4.24. The third-order valence-corrected chi connectivity index (χ3v) is 5.44. The summed E-state index contributed by atoms with van der Waals surface area (Å²) < 4.78 is 1.60. The van der Waals surface area contributed by atoms with E-state index in [1.807, 2.05) is 17.0 Å². The normalized spacial score (nSPS) is 21.0. The van der Waals surface area contributed by atoms with E-state index in [1.165, 1.54) is 18.2 Å². The number of halogens is 1. The van der Waals surface area contributed by atoms with Crippen LogP contribution in [0.2, 0.25) is 5.02 Å². The first-order chi connectivity index (χ1) is 11.6. The largest absolute Gasteiger partial charge is 0.337 e. The van der Waals surface area contributed by atoms with E-state index in [2.05, 4.69) is 29.4 Å². The summed E-state index contributed by atoms with van der Waals surface area (Å²) in [5.74, 6) is 0.468. The fourth-order valence-corrected chi connectivity index (χ4v) is 4.10. The molecule has 128 valence electrons. The Bertz CT molecular complexity index is 712. The molecule has 3 rings (SSSR count). The maximum atomic E-state index is 12.6. The van der Waals surface area contributed by atoms with Gasteiger partial charge in [0.2, 0.25) is 11.1 Å². The molecule has 1 saturated heterocycles. The van der Waals surface area contributed by atoms with Crippen LogP contribution in [0.4, 0.5) is 0 Å². The quantitative estimate of drug-likeness (QED) is 0.778. The molecule has 2 heterocycles. The number of carbonyl (C=O) groups is 1. The van der Waals surface area contributed by atoms with Gasteiger partial charge in [-0.2, -0.15) is 4.68 Å². The van der Waals surface area contributed by atoms with E-state index in [0.717, 1.165) is 18.5 Å². The summed E-state index contributed by atoms with van der Waals surface area (Å²) in [5.41, 5.74) is 0.780. The van der Waals surface area contributed by atoms with Crippen LogP contribution in [0.3, 0.4) is 0 Å². The first-order valence-electron chi connectivity index (χ1n) is 8.04. The van der Waals surface area contributed by atoms with Gasteiger partial charge in [-0.05, 0) is 61.7 Å². The highest BCUT2D eigenvalue weighted by Crippen LogP contribution is 2.25. The van der Waals surface area contributed by atoms with Crippen molar-refractivity contribution in [2.75, 3.05) is 5.75 Å². The molecule has 0 unspecified atom stereocenters. The van der Waals surface area contributed by atoms with Crippen molar-refractivity contribution in [2.24, 2.45) is 0 Å². The van der Waals surface area contributed by atoms with Crippen molar-refractivity contribution in [1.29, 1.82) is 0 Å². The smallest absolute Gasteiger partial charge is 0.233 e. The molecule has 0 aliphatic carbocycles. The van der Waals surface area contributed by atoms with Gasteiger partial charge < -0.3 is 4.90 Å². The molecule has 0 bridgehead atoms. The molecule has 1 aliphatic rings. The number of hydrogen-bond acceptors (Lipinski definition) is 5. The summed E-state index contributed by atoms with van der Waals surface area (Å²) in [5, 5.41) is 13.0. The predicted octanol–water partition coefficient (Wildman–Crippen LogP) is 3.20. The van der Waals surface area contributed by atoms with Crippen LogP contribution in [0.25, 0.3) is 5.69 Å². The SMILES string of the molecule is C[C@@H]1CCC[C@H](C)N1C(=O)CSc1nnnn1-c1cccc(Cl)c1. The predicted molar refractivity (Wildman–Crippen MR) is 94.5 cm³/mol. The molecule has 0 N–H and O–H groups in total. The van der Waals surface area contributed by atoms with Crippen LogP contribution >= 0.6 is 23.4 Å². The molecular formula is C16H20ClN5OS. The van der Waals surface area contributed by atoms with Gasteiger partial charge in [-0.25, -0.2) is 0 Å². The number of tetrazole rings is 1. The van der Waals surface area contributed by atoms with E-state index in [9.17, 15) is 4.79 Å². The van der Waals surface area contributed by atoms with Gasteiger partial charge in [-0.3, -0.25) is 4.79 Å². The molecule has 1 aromatic carbocycles. The molecule has 6 nitrogen and oxygen atoms in total. The Morgan fingerprint density at radius 2 is 2.08 bits per heavy atom. The number of hydrogen-bond donors (Lipinski definition) is 0. The number of piperidine rings is 1. The van der Waals surface area contributed by atoms with Crippen LogP contribution in [0.1, 0.15) is 33.1 Å². The third kappa shape index (κ3) is 3.72. The second-order valence-electron chi connectivity index (χ2n) is 6.07. The fourth-order valence-electron chi connectivity index (χ4n) is 3.15. The Morgan fingerprint density at radius 3 is 2.79 bits per heavy atom. The molecule has 2 aromatic rings.